The van der Waals surface area contributed by atoms with Gasteiger partial charge in [0, 0.05) is 22.0 Å². The molecule has 0 saturated carbocycles. The summed E-state index contributed by atoms with van der Waals surface area (Å²) < 4.78 is 49.6. The second-order valence-corrected chi connectivity index (χ2v) is 15.9. The molecule has 2 unspecified atom stereocenters. The zero-order valence-electron chi connectivity index (χ0n) is 28.3. The van der Waals surface area contributed by atoms with Crippen molar-refractivity contribution >= 4 is 46.4 Å². The molecule has 8 nitrogen and oxygen atoms in total. The quantitative estimate of drug-likeness (QED) is 0.223. The number of imide groups is 1. The van der Waals surface area contributed by atoms with E-state index in [1.165, 1.54) is 17.0 Å². The fourth-order valence-electron chi connectivity index (χ4n) is 7.73. The fourth-order valence-corrected chi connectivity index (χ4v) is 8.27. The number of alkyl carbamates (subject to hydrolysis) is 1. The van der Waals surface area contributed by atoms with Crippen molar-refractivity contribution in [3.8, 4) is 0 Å². The highest BCUT2D eigenvalue weighted by molar-refractivity contribution is 9.10. The maximum atomic E-state index is 15.2. The summed E-state index contributed by atoms with van der Waals surface area (Å²) in [6.45, 7) is 11.1. The highest BCUT2D eigenvalue weighted by atomic mass is 79.9. The third-order valence-electron chi connectivity index (χ3n) is 10.4. The van der Waals surface area contributed by atoms with E-state index >= 15 is 4.39 Å². The first kappa shape index (κ1) is 33.9. The van der Waals surface area contributed by atoms with E-state index in [0.717, 1.165) is 21.2 Å². The molecule has 0 aromatic heterocycles. The summed E-state index contributed by atoms with van der Waals surface area (Å²) in [6, 6.07) is 10.0. The molecule has 4 aliphatic rings. The van der Waals surface area contributed by atoms with Crippen LogP contribution in [0.5, 0.6) is 0 Å². The van der Waals surface area contributed by atoms with Crippen LogP contribution in [0, 0.1) is 11.6 Å². The van der Waals surface area contributed by atoms with Crippen molar-refractivity contribution in [2.45, 2.75) is 103 Å². The average Bonchev–Trinajstić information content (AvgIpc) is 3.74. The van der Waals surface area contributed by atoms with Crippen LogP contribution in [-0.4, -0.2) is 46.7 Å². The van der Waals surface area contributed by atoms with Crippen LogP contribution in [0.4, 0.5) is 13.6 Å². The minimum Gasteiger partial charge on any atom is -0.444 e. The van der Waals surface area contributed by atoms with Gasteiger partial charge in [-0.1, -0.05) is 28.1 Å². The molecule has 1 saturated heterocycles. The Morgan fingerprint density at radius 1 is 0.959 bits per heavy atom. The lowest BCUT2D eigenvalue weighted by Gasteiger charge is -2.36. The number of rotatable bonds is 5. The largest absolute Gasteiger partial charge is 0.495 e. The summed E-state index contributed by atoms with van der Waals surface area (Å²) in [7, 11) is -0.806. The highest BCUT2D eigenvalue weighted by Crippen LogP contribution is 2.45. The van der Waals surface area contributed by atoms with Crippen molar-refractivity contribution in [3.05, 3.63) is 97.5 Å². The Morgan fingerprint density at radius 2 is 1.63 bits per heavy atom. The third-order valence-corrected chi connectivity index (χ3v) is 11.2. The summed E-state index contributed by atoms with van der Waals surface area (Å²) in [5.41, 5.74) is 1.98. The minimum absolute atomic E-state index is 0.281. The van der Waals surface area contributed by atoms with Crippen LogP contribution in [0.2, 0.25) is 0 Å². The maximum Gasteiger partial charge on any atom is 0.495 e. The summed E-state index contributed by atoms with van der Waals surface area (Å²) in [5, 5.41) is 2.82. The summed E-state index contributed by atoms with van der Waals surface area (Å²) in [6.07, 6.45) is 1.78. The lowest BCUT2D eigenvalue weighted by Crippen LogP contribution is -2.46. The van der Waals surface area contributed by atoms with E-state index in [2.05, 4.69) is 21.2 Å². The first-order chi connectivity index (χ1) is 23.0. The summed E-state index contributed by atoms with van der Waals surface area (Å²) >= 11 is 3.48. The van der Waals surface area contributed by atoms with Gasteiger partial charge >= 0.3 is 13.2 Å². The fraction of sp³-hybridized carbons (Fsp3) is 0.432. The molecule has 3 amide bonds. The van der Waals surface area contributed by atoms with Gasteiger partial charge in [0.1, 0.15) is 17.2 Å². The summed E-state index contributed by atoms with van der Waals surface area (Å²) in [5.74, 6) is -1.72. The Hall–Kier alpha value is -3.61. The standard InChI is InChI=1S/C37H38BBrF2N2O6/c1-35(2,3)47-34(46)42-28-15-9-21-24(11-13-26(40)30(21)28)38-48-36(4,5)37(6,49-38)18-19-7-8-20-23(17-19)33(45)43(32(20)44)29-16-10-22-25(39)12-14-27(41)31(22)29/h7-8,11-14,17,28-29H,9-10,15-16,18H2,1-6H3,(H,42,46)/t28-,29?,37?/m1/s1. The van der Waals surface area contributed by atoms with Crippen molar-refractivity contribution in [2.75, 3.05) is 0 Å². The van der Waals surface area contributed by atoms with Gasteiger partial charge in [-0.15, -0.1) is 0 Å². The Labute approximate surface area is 293 Å². The van der Waals surface area contributed by atoms with Crippen LogP contribution >= 0.6 is 15.9 Å². The topological polar surface area (TPSA) is 94.2 Å². The number of nitrogens with one attached hydrogen (secondary N) is 1. The van der Waals surface area contributed by atoms with E-state index in [9.17, 15) is 18.8 Å². The molecule has 12 heteroatoms. The molecule has 0 spiro atoms. The molecule has 256 valence electrons. The molecule has 0 radical (unpaired) electrons. The van der Waals surface area contributed by atoms with Crippen LogP contribution in [0.25, 0.3) is 0 Å². The Balaban J connectivity index is 1.12. The third kappa shape index (κ3) is 5.69. The van der Waals surface area contributed by atoms with Crippen molar-refractivity contribution in [1.82, 2.24) is 10.2 Å². The number of amides is 3. The van der Waals surface area contributed by atoms with Gasteiger partial charge in [0.15, 0.2) is 0 Å². The Kier molecular flexibility index (Phi) is 8.11. The first-order valence-electron chi connectivity index (χ1n) is 16.6. The van der Waals surface area contributed by atoms with E-state index in [-0.39, 0.29) is 5.56 Å². The number of ether oxygens (including phenoxy) is 1. The SMILES string of the molecule is CC(C)(C)OC(=O)N[C@@H]1CCc2c(B3OC(C)(C)C(C)(Cc4ccc5c(c4)C(=O)N(C4CCc6c(Br)ccc(F)c64)C5=O)O3)ccc(F)c21. The molecule has 49 heavy (non-hydrogen) atoms. The van der Waals surface area contributed by atoms with Crippen LogP contribution in [0.3, 0.4) is 0 Å². The summed E-state index contributed by atoms with van der Waals surface area (Å²) in [4.78, 5) is 41.1. The van der Waals surface area contributed by atoms with Gasteiger partial charge in [0.25, 0.3) is 11.8 Å². The Morgan fingerprint density at radius 3 is 2.37 bits per heavy atom. The molecule has 2 aliphatic heterocycles. The molecule has 1 fully saturated rings. The van der Waals surface area contributed by atoms with Gasteiger partial charge in [-0.05, 0) is 120 Å². The smallest absolute Gasteiger partial charge is 0.444 e. The van der Waals surface area contributed by atoms with Gasteiger partial charge in [0.05, 0.1) is 34.4 Å². The number of hydrogen-bond donors (Lipinski definition) is 1. The molecule has 0 bridgehead atoms. The van der Waals surface area contributed by atoms with E-state index < -0.39 is 65.5 Å². The highest BCUT2D eigenvalue weighted by Gasteiger charge is 2.55. The number of benzene rings is 3. The predicted octanol–water partition coefficient (Wildman–Crippen LogP) is 7.04. The van der Waals surface area contributed by atoms with Gasteiger partial charge in [-0.25, -0.2) is 13.6 Å². The lowest BCUT2D eigenvalue weighted by atomic mass is 9.74. The minimum atomic E-state index is -0.884. The number of halogens is 3. The van der Waals surface area contributed by atoms with E-state index in [4.69, 9.17) is 14.0 Å². The number of nitrogens with zero attached hydrogens (tertiary/aromatic N) is 1. The molecule has 3 aromatic rings. The van der Waals surface area contributed by atoms with Crippen LogP contribution in [-0.2, 0) is 33.3 Å². The van der Waals surface area contributed by atoms with Crippen molar-refractivity contribution in [3.63, 3.8) is 0 Å². The number of carbonyl (C=O) groups is 3. The number of hydrogen-bond acceptors (Lipinski definition) is 6. The van der Waals surface area contributed by atoms with Crippen LogP contribution in [0.15, 0.2) is 46.9 Å². The molecule has 2 heterocycles. The Bertz CT molecular complexity index is 1930. The van der Waals surface area contributed by atoms with Gasteiger partial charge in [-0.3, -0.25) is 14.5 Å². The molecule has 7 rings (SSSR count). The normalized spacial score (nSPS) is 23.9. The van der Waals surface area contributed by atoms with E-state index in [1.54, 1.807) is 45.0 Å². The lowest BCUT2D eigenvalue weighted by molar-refractivity contribution is -0.00877. The number of carbonyl (C=O) groups excluding carboxylic acids is 3. The van der Waals surface area contributed by atoms with Gasteiger partial charge in [-0.2, -0.15) is 0 Å². The van der Waals surface area contributed by atoms with Crippen LogP contribution < -0.4 is 10.8 Å². The van der Waals surface area contributed by atoms with Crippen molar-refractivity contribution < 1.29 is 37.2 Å². The molecule has 2 aliphatic carbocycles. The number of fused-ring (bicyclic) bond motifs is 3. The van der Waals surface area contributed by atoms with Crippen molar-refractivity contribution in [2.24, 2.45) is 0 Å². The maximum absolute atomic E-state index is 15.2. The monoisotopic (exact) mass is 734 g/mol. The van der Waals surface area contributed by atoms with Gasteiger partial charge in [0.2, 0.25) is 0 Å². The molecule has 3 aromatic carbocycles. The second-order valence-electron chi connectivity index (χ2n) is 15.1. The molecular formula is C37H38BBrF2N2O6. The molecule has 3 atom stereocenters. The predicted molar refractivity (Wildman–Crippen MR) is 183 cm³/mol. The van der Waals surface area contributed by atoms with Crippen LogP contribution in [0.1, 0.15) is 115 Å². The van der Waals surface area contributed by atoms with E-state index in [1.807, 2.05) is 26.8 Å². The molecule has 1 N–H and O–H groups in total. The van der Waals surface area contributed by atoms with Crippen molar-refractivity contribution in [1.29, 1.82) is 0 Å². The molecular weight excluding hydrogens is 697 g/mol. The zero-order valence-corrected chi connectivity index (χ0v) is 29.9. The average molecular weight is 735 g/mol. The zero-order chi connectivity index (χ0) is 35.2. The first-order valence-corrected chi connectivity index (χ1v) is 17.4. The van der Waals surface area contributed by atoms with Gasteiger partial charge < -0.3 is 19.4 Å². The second kappa shape index (κ2) is 11.7. The van der Waals surface area contributed by atoms with E-state index in [0.29, 0.717) is 54.3 Å².